The molecule has 0 aliphatic carbocycles. The quantitative estimate of drug-likeness (QED) is 0.715. The van der Waals surface area contributed by atoms with Gasteiger partial charge in [-0.05, 0) is 32.1 Å². The van der Waals surface area contributed by atoms with Gasteiger partial charge in [-0.1, -0.05) is 19.1 Å². The molecule has 0 amide bonds. The largest absolute Gasteiger partial charge is 0.306 e. The van der Waals surface area contributed by atoms with Crippen molar-refractivity contribution in [1.29, 1.82) is 0 Å². The van der Waals surface area contributed by atoms with E-state index in [1.54, 1.807) is 19.1 Å². The Hall–Kier alpha value is -1.22. The van der Waals surface area contributed by atoms with Crippen LogP contribution in [0.1, 0.15) is 29.3 Å². The molecule has 0 saturated carbocycles. The van der Waals surface area contributed by atoms with Crippen molar-refractivity contribution < 1.29 is 9.18 Å². The molecule has 0 aromatic heterocycles. The maximum absolute atomic E-state index is 13.2. The molecule has 0 heterocycles. The molecular formula is C13H18FNO. The Morgan fingerprint density at radius 1 is 1.44 bits per heavy atom. The third-order valence-corrected chi connectivity index (χ3v) is 2.75. The molecule has 0 aliphatic heterocycles. The standard InChI is InChI=1S/C13H18FNO/c1-4-15(3)8-7-13(16)11-6-5-10(2)12(14)9-11/h5-6,9H,4,7-8H2,1-3H3. The Morgan fingerprint density at radius 2 is 2.12 bits per heavy atom. The fraction of sp³-hybridized carbons (Fsp3) is 0.462. The van der Waals surface area contributed by atoms with Crippen LogP contribution in [0.15, 0.2) is 18.2 Å². The average Bonchev–Trinajstić information content (AvgIpc) is 2.29. The number of aryl methyl sites for hydroxylation is 1. The van der Waals surface area contributed by atoms with Crippen molar-refractivity contribution in [3.8, 4) is 0 Å². The van der Waals surface area contributed by atoms with Crippen LogP contribution in [0.5, 0.6) is 0 Å². The minimum atomic E-state index is -0.310. The van der Waals surface area contributed by atoms with Gasteiger partial charge in [0.2, 0.25) is 0 Å². The third kappa shape index (κ3) is 3.42. The molecule has 1 rings (SSSR count). The summed E-state index contributed by atoms with van der Waals surface area (Å²) in [5.41, 5.74) is 1.04. The number of hydrogen-bond donors (Lipinski definition) is 0. The lowest BCUT2D eigenvalue weighted by Crippen LogP contribution is -2.21. The van der Waals surface area contributed by atoms with Gasteiger partial charge < -0.3 is 4.90 Å². The van der Waals surface area contributed by atoms with Gasteiger partial charge in [0.25, 0.3) is 0 Å². The molecule has 0 N–H and O–H groups in total. The molecule has 0 radical (unpaired) electrons. The van der Waals surface area contributed by atoms with E-state index in [1.807, 2.05) is 14.0 Å². The minimum absolute atomic E-state index is 0.000741. The number of rotatable bonds is 5. The highest BCUT2D eigenvalue weighted by Crippen LogP contribution is 2.11. The molecule has 2 nitrogen and oxygen atoms in total. The summed E-state index contributed by atoms with van der Waals surface area (Å²) >= 11 is 0. The van der Waals surface area contributed by atoms with Crippen molar-refractivity contribution in [2.75, 3.05) is 20.1 Å². The summed E-state index contributed by atoms with van der Waals surface area (Å²) in [6, 6.07) is 4.66. The second kappa shape index (κ2) is 5.75. The van der Waals surface area contributed by atoms with E-state index in [0.717, 1.165) is 6.54 Å². The van der Waals surface area contributed by atoms with E-state index in [1.165, 1.54) is 6.07 Å². The number of benzene rings is 1. The highest BCUT2D eigenvalue weighted by molar-refractivity contribution is 5.96. The summed E-state index contributed by atoms with van der Waals surface area (Å²) in [6.45, 7) is 5.35. The zero-order valence-electron chi connectivity index (χ0n) is 10.1. The third-order valence-electron chi connectivity index (χ3n) is 2.75. The van der Waals surface area contributed by atoms with Gasteiger partial charge in [-0.2, -0.15) is 0 Å². The van der Waals surface area contributed by atoms with Crippen molar-refractivity contribution in [3.05, 3.63) is 35.1 Å². The van der Waals surface area contributed by atoms with Crippen LogP contribution >= 0.6 is 0 Å². The molecule has 16 heavy (non-hydrogen) atoms. The van der Waals surface area contributed by atoms with Gasteiger partial charge in [0.1, 0.15) is 5.82 Å². The van der Waals surface area contributed by atoms with Crippen LogP contribution in [0, 0.1) is 12.7 Å². The van der Waals surface area contributed by atoms with Gasteiger partial charge in [-0.15, -0.1) is 0 Å². The molecule has 1 aromatic carbocycles. The zero-order chi connectivity index (χ0) is 12.1. The number of halogens is 1. The SMILES string of the molecule is CCN(C)CCC(=O)c1ccc(C)c(F)c1. The summed E-state index contributed by atoms with van der Waals surface area (Å²) in [6.07, 6.45) is 0.437. The maximum atomic E-state index is 13.2. The molecule has 0 spiro atoms. The van der Waals surface area contributed by atoms with E-state index in [0.29, 0.717) is 24.1 Å². The number of hydrogen-bond acceptors (Lipinski definition) is 2. The van der Waals surface area contributed by atoms with Crippen LogP contribution in [-0.2, 0) is 0 Å². The smallest absolute Gasteiger partial charge is 0.164 e. The number of nitrogens with zero attached hydrogens (tertiary/aromatic N) is 1. The predicted octanol–water partition coefficient (Wildman–Crippen LogP) is 2.66. The molecule has 3 heteroatoms. The first-order chi connectivity index (χ1) is 7.54. The van der Waals surface area contributed by atoms with Crippen molar-refractivity contribution in [1.82, 2.24) is 4.90 Å². The lowest BCUT2D eigenvalue weighted by Gasteiger charge is -2.12. The molecule has 88 valence electrons. The van der Waals surface area contributed by atoms with Gasteiger partial charge in [0.05, 0.1) is 0 Å². The summed E-state index contributed by atoms with van der Waals surface area (Å²) in [4.78, 5) is 13.8. The van der Waals surface area contributed by atoms with Crippen molar-refractivity contribution in [2.24, 2.45) is 0 Å². The molecular weight excluding hydrogens is 205 g/mol. The van der Waals surface area contributed by atoms with E-state index < -0.39 is 0 Å². The van der Waals surface area contributed by atoms with Crippen LogP contribution < -0.4 is 0 Å². The van der Waals surface area contributed by atoms with Gasteiger partial charge in [0.15, 0.2) is 5.78 Å². The fourth-order valence-electron chi connectivity index (χ4n) is 1.36. The van der Waals surface area contributed by atoms with Crippen molar-refractivity contribution >= 4 is 5.78 Å². The Kier molecular flexibility index (Phi) is 4.62. The number of Topliss-reactive ketones (excluding diaryl/α,β-unsaturated/α-hetero) is 1. The topological polar surface area (TPSA) is 20.3 Å². The van der Waals surface area contributed by atoms with E-state index >= 15 is 0 Å². The fourth-order valence-corrected chi connectivity index (χ4v) is 1.36. The second-order valence-electron chi connectivity index (χ2n) is 4.03. The van der Waals surface area contributed by atoms with Crippen molar-refractivity contribution in [3.63, 3.8) is 0 Å². The van der Waals surface area contributed by atoms with E-state index in [2.05, 4.69) is 4.90 Å². The van der Waals surface area contributed by atoms with Gasteiger partial charge >= 0.3 is 0 Å². The average molecular weight is 223 g/mol. The van der Waals surface area contributed by atoms with Gasteiger partial charge in [-0.25, -0.2) is 4.39 Å². The molecule has 0 atom stereocenters. The molecule has 0 fully saturated rings. The first kappa shape index (κ1) is 12.8. The lowest BCUT2D eigenvalue weighted by molar-refractivity contribution is 0.0969. The van der Waals surface area contributed by atoms with Crippen LogP contribution in [0.4, 0.5) is 4.39 Å². The Morgan fingerprint density at radius 3 is 2.69 bits per heavy atom. The monoisotopic (exact) mass is 223 g/mol. The highest BCUT2D eigenvalue weighted by atomic mass is 19.1. The van der Waals surface area contributed by atoms with Gasteiger partial charge in [-0.3, -0.25) is 4.79 Å². The number of ketones is 1. The normalized spacial score (nSPS) is 10.8. The summed E-state index contributed by atoms with van der Waals surface area (Å²) in [7, 11) is 1.96. The summed E-state index contributed by atoms with van der Waals surface area (Å²) < 4.78 is 13.2. The van der Waals surface area contributed by atoms with Crippen LogP contribution in [0.3, 0.4) is 0 Å². The minimum Gasteiger partial charge on any atom is -0.306 e. The Balaban J connectivity index is 2.63. The molecule has 0 aliphatic rings. The summed E-state index contributed by atoms with van der Waals surface area (Å²) in [5.74, 6) is -0.311. The van der Waals surface area contributed by atoms with Crippen LogP contribution in [0.25, 0.3) is 0 Å². The highest BCUT2D eigenvalue weighted by Gasteiger charge is 2.08. The predicted molar refractivity (Wildman–Crippen MR) is 63.3 cm³/mol. The second-order valence-corrected chi connectivity index (χ2v) is 4.03. The van der Waals surface area contributed by atoms with E-state index in [4.69, 9.17) is 0 Å². The Labute approximate surface area is 96.1 Å². The van der Waals surface area contributed by atoms with Crippen LogP contribution in [0.2, 0.25) is 0 Å². The van der Waals surface area contributed by atoms with E-state index in [-0.39, 0.29) is 11.6 Å². The number of carbonyl (C=O) groups excluding carboxylic acids is 1. The molecule has 0 unspecified atom stereocenters. The summed E-state index contributed by atoms with van der Waals surface area (Å²) in [5, 5.41) is 0. The molecule has 0 saturated heterocycles. The zero-order valence-corrected chi connectivity index (χ0v) is 10.1. The first-order valence-electron chi connectivity index (χ1n) is 5.52. The van der Waals surface area contributed by atoms with E-state index in [9.17, 15) is 9.18 Å². The molecule has 1 aromatic rings. The van der Waals surface area contributed by atoms with Crippen LogP contribution in [-0.4, -0.2) is 30.8 Å². The lowest BCUT2D eigenvalue weighted by atomic mass is 10.1. The number of carbonyl (C=O) groups is 1. The maximum Gasteiger partial charge on any atom is 0.164 e. The molecule has 0 bridgehead atoms. The van der Waals surface area contributed by atoms with Crippen molar-refractivity contribution in [2.45, 2.75) is 20.3 Å². The first-order valence-corrected chi connectivity index (χ1v) is 5.52. The van der Waals surface area contributed by atoms with Gasteiger partial charge in [0, 0.05) is 18.5 Å². The Bertz CT molecular complexity index is 376.